The Labute approximate surface area is 134 Å². The molecule has 0 unspecified atom stereocenters. The zero-order chi connectivity index (χ0) is 15.4. The Kier molecular flexibility index (Phi) is 4.59. The molecular formula is C16H22N4OS. The third-order valence-corrected chi connectivity index (χ3v) is 4.98. The number of hydrogen-bond donors (Lipinski definition) is 3. The lowest BCUT2D eigenvalue weighted by Gasteiger charge is -2.16. The minimum absolute atomic E-state index is 0.262. The van der Waals surface area contributed by atoms with Crippen LogP contribution in [-0.2, 0) is 6.54 Å². The molecule has 0 amide bonds. The summed E-state index contributed by atoms with van der Waals surface area (Å²) in [4.78, 5) is 10.2. The number of hydrogen-bond acceptors (Lipinski definition) is 6. The zero-order valence-electron chi connectivity index (χ0n) is 12.8. The molecule has 22 heavy (non-hydrogen) atoms. The summed E-state index contributed by atoms with van der Waals surface area (Å²) in [7, 11) is 0. The molecule has 1 aliphatic rings. The fourth-order valence-corrected chi connectivity index (χ4v) is 3.19. The molecule has 3 rings (SSSR count). The van der Waals surface area contributed by atoms with Gasteiger partial charge in [0.25, 0.3) is 0 Å². The highest BCUT2D eigenvalue weighted by atomic mass is 32.1. The van der Waals surface area contributed by atoms with Gasteiger partial charge in [0.15, 0.2) is 0 Å². The van der Waals surface area contributed by atoms with Crippen molar-refractivity contribution in [1.82, 2.24) is 9.97 Å². The Morgan fingerprint density at radius 3 is 2.68 bits per heavy atom. The number of aromatic nitrogens is 2. The van der Waals surface area contributed by atoms with Crippen molar-refractivity contribution in [2.24, 2.45) is 5.41 Å². The molecule has 2 heterocycles. The summed E-state index contributed by atoms with van der Waals surface area (Å²) in [5.74, 6) is 2.45. The monoisotopic (exact) mass is 318 g/mol. The Morgan fingerprint density at radius 1 is 1.27 bits per heavy atom. The summed E-state index contributed by atoms with van der Waals surface area (Å²) in [6.07, 6.45) is 3.25. The van der Waals surface area contributed by atoms with E-state index < -0.39 is 0 Å². The van der Waals surface area contributed by atoms with Gasteiger partial charge >= 0.3 is 0 Å². The van der Waals surface area contributed by atoms with Crippen LogP contribution in [0, 0.1) is 12.3 Å². The van der Waals surface area contributed by atoms with E-state index in [1.807, 2.05) is 13.0 Å². The summed E-state index contributed by atoms with van der Waals surface area (Å²) in [5.41, 5.74) is 0.276. The van der Waals surface area contributed by atoms with Gasteiger partial charge in [-0.3, -0.25) is 0 Å². The van der Waals surface area contributed by atoms with Gasteiger partial charge < -0.3 is 15.7 Å². The molecule has 0 saturated heterocycles. The van der Waals surface area contributed by atoms with Crippen LogP contribution < -0.4 is 10.6 Å². The molecule has 0 spiro atoms. The third-order valence-electron chi connectivity index (χ3n) is 4.11. The summed E-state index contributed by atoms with van der Waals surface area (Å²) in [6, 6.07) is 6.11. The smallest absolute Gasteiger partial charge is 0.132 e. The maximum atomic E-state index is 9.13. The molecule has 118 valence electrons. The standard InChI is InChI=1S/C16H22N4OS/c1-12-19-14(17-10-13-3-2-8-22-13)9-15(20-12)18-11-16(4-5-16)6-7-21/h2-3,8-9,21H,4-7,10-11H2,1H3,(H2,17,18,19,20). The normalized spacial score (nSPS) is 15.5. The first-order chi connectivity index (χ1) is 10.7. The van der Waals surface area contributed by atoms with E-state index in [-0.39, 0.29) is 12.0 Å². The van der Waals surface area contributed by atoms with Gasteiger partial charge in [0.2, 0.25) is 0 Å². The molecule has 1 saturated carbocycles. The Bertz CT molecular complexity index is 611. The maximum Gasteiger partial charge on any atom is 0.132 e. The van der Waals surface area contributed by atoms with Crippen LogP contribution in [0.25, 0.3) is 0 Å². The second kappa shape index (κ2) is 6.62. The molecule has 2 aromatic rings. The van der Waals surface area contributed by atoms with Gasteiger partial charge in [-0.2, -0.15) is 0 Å². The first-order valence-corrected chi connectivity index (χ1v) is 8.54. The predicted molar refractivity (Wildman–Crippen MR) is 90.3 cm³/mol. The number of thiophene rings is 1. The van der Waals surface area contributed by atoms with Gasteiger partial charge in [-0.25, -0.2) is 9.97 Å². The van der Waals surface area contributed by atoms with Crippen molar-refractivity contribution in [3.8, 4) is 0 Å². The van der Waals surface area contributed by atoms with Crippen molar-refractivity contribution in [3.05, 3.63) is 34.3 Å². The van der Waals surface area contributed by atoms with Gasteiger partial charge in [0, 0.05) is 24.1 Å². The van der Waals surface area contributed by atoms with Crippen LogP contribution in [0.3, 0.4) is 0 Å². The number of aliphatic hydroxyl groups is 1. The molecule has 0 bridgehead atoms. The topological polar surface area (TPSA) is 70.1 Å². The molecule has 6 heteroatoms. The second-order valence-electron chi connectivity index (χ2n) is 5.95. The highest BCUT2D eigenvalue weighted by molar-refractivity contribution is 7.09. The van der Waals surface area contributed by atoms with E-state index in [9.17, 15) is 0 Å². The van der Waals surface area contributed by atoms with E-state index in [2.05, 4.69) is 38.1 Å². The Hall–Kier alpha value is -1.66. The summed E-state index contributed by atoms with van der Waals surface area (Å²) in [6.45, 7) is 3.82. The largest absolute Gasteiger partial charge is 0.396 e. The average molecular weight is 318 g/mol. The molecule has 0 atom stereocenters. The number of aliphatic hydroxyl groups excluding tert-OH is 1. The molecule has 0 radical (unpaired) electrons. The van der Waals surface area contributed by atoms with Crippen molar-refractivity contribution in [2.75, 3.05) is 23.8 Å². The van der Waals surface area contributed by atoms with Gasteiger partial charge in [-0.15, -0.1) is 11.3 Å². The molecule has 2 aromatic heterocycles. The van der Waals surface area contributed by atoms with Gasteiger partial charge in [-0.1, -0.05) is 6.07 Å². The Morgan fingerprint density at radius 2 is 2.05 bits per heavy atom. The van der Waals surface area contributed by atoms with Crippen molar-refractivity contribution >= 4 is 23.0 Å². The molecule has 5 nitrogen and oxygen atoms in total. The van der Waals surface area contributed by atoms with Gasteiger partial charge in [0.1, 0.15) is 17.5 Å². The molecule has 1 fully saturated rings. The van der Waals surface area contributed by atoms with Crippen LogP contribution in [0.2, 0.25) is 0 Å². The van der Waals surface area contributed by atoms with Crippen LogP contribution in [0.4, 0.5) is 11.6 Å². The zero-order valence-corrected chi connectivity index (χ0v) is 13.6. The van der Waals surface area contributed by atoms with Crippen LogP contribution in [-0.4, -0.2) is 28.2 Å². The second-order valence-corrected chi connectivity index (χ2v) is 6.98. The van der Waals surface area contributed by atoms with Crippen LogP contribution >= 0.6 is 11.3 Å². The fraction of sp³-hybridized carbons (Fsp3) is 0.500. The summed E-state index contributed by atoms with van der Waals surface area (Å²) in [5, 5.41) is 18.0. The fourth-order valence-electron chi connectivity index (χ4n) is 2.55. The average Bonchev–Trinajstić information content (AvgIpc) is 3.06. The molecular weight excluding hydrogens is 296 g/mol. The van der Waals surface area contributed by atoms with Crippen molar-refractivity contribution in [1.29, 1.82) is 0 Å². The van der Waals surface area contributed by atoms with Crippen molar-refractivity contribution in [2.45, 2.75) is 32.7 Å². The SMILES string of the molecule is Cc1nc(NCc2cccs2)cc(NCC2(CCO)CC2)n1. The van der Waals surface area contributed by atoms with Crippen molar-refractivity contribution < 1.29 is 5.11 Å². The van der Waals surface area contributed by atoms with Crippen molar-refractivity contribution in [3.63, 3.8) is 0 Å². The van der Waals surface area contributed by atoms with E-state index in [1.54, 1.807) is 11.3 Å². The minimum atomic E-state index is 0.262. The minimum Gasteiger partial charge on any atom is -0.396 e. The summed E-state index contributed by atoms with van der Waals surface area (Å²) >= 11 is 1.73. The number of anilines is 2. The highest BCUT2D eigenvalue weighted by Crippen LogP contribution is 2.48. The summed E-state index contributed by atoms with van der Waals surface area (Å²) < 4.78 is 0. The molecule has 1 aliphatic carbocycles. The van der Waals surface area contributed by atoms with E-state index in [4.69, 9.17) is 5.11 Å². The lowest BCUT2D eigenvalue weighted by Crippen LogP contribution is -2.18. The van der Waals surface area contributed by atoms with Crippen LogP contribution in [0.1, 0.15) is 30.0 Å². The maximum absolute atomic E-state index is 9.13. The first kappa shape index (κ1) is 15.2. The number of nitrogens with one attached hydrogen (secondary N) is 2. The molecule has 3 N–H and O–H groups in total. The number of nitrogens with zero attached hydrogens (tertiary/aromatic N) is 2. The van der Waals surface area contributed by atoms with Gasteiger partial charge in [-0.05, 0) is 43.0 Å². The van der Waals surface area contributed by atoms with E-state index in [1.165, 1.54) is 17.7 Å². The molecule has 0 aliphatic heterocycles. The van der Waals surface area contributed by atoms with E-state index >= 15 is 0 Å². The van der Waals surface area contributed by atoms with Crippen LogP contribution in [0.15, 0.2) is 23.6 Å². The number of rotatable bonds is 8. The third kappa shape index (κ3) is 3.96. The van der Waals surface area contributed by atoms with E-state index in [0.29, 0.717) is 0 Å². The van der Waals surface area contributed by atoms with Crippen LogP contribution in [0.5, 0.6) is 0 Å². The Balaban J connectivity index is 1.59. The lowest BCUT2D eigenvalue weighted by atomic mass is 10.0. The predicted octanol–water partition coefficient (Wildman–Crippen LogP) is 3.03. The first-order valence-electron chi connectivity index (χ1n) is 7.66. The highest BCUT2D eigenvalue weighted by Gasteiger charge is 2.41. The number of aryl methyl sites for hydroxylation is 1. The van der Waals surface area contributed by atoms with Gasteiger partial charge in [0.05, 0.1) is 6.54 Å². The molecule has 0 aromatic carbocycles. The quantitative estimate of drug-likeness (QED) is 0.698. The lowest BCUT2D eigenvalue weighted by molar-refractivity contribution is 0.253. The van der Waals surface area contributed by atoms with E-state index in [0.717, 1.165) is 37.0 Å².